The first-order valence-electron chi connectivity index (χ1n) is 6.38. The van der Waals surface area contributed by atoms with E-state index in [4.69, 9.17) is 5.11 Å². The fourth-order valence-corrected chi connectivity index (χ4v) is 1.92. The summed E-state index contributed by atoms with van der Waals surface area (Å²) in [7, 11) is 0. The van der Waals surface area contributed by atoms with Gasteiger partial charge in [0.2, 0.25) is 0 Å². The molecule has 0 aromatic heterocycles. The van der Waals surface area contributed by atoms with Crippen molar-refractivity contribution in [3.8, 4) is 5.75 Å². The quantitative estimate of drug-likeness (QED) is 0.682. The zero-order valence-corrected chi connectivity index (χ0v) is 10.6. The van der Waals surface area contributed by atoms with Crippen LogP contribution in [0.1, 0.15) is 31.7 Å². The van der Waals surface area contributed by atoms with Crippen molar-refractivity contribution >= 4 is 0 Å². The van der Waals surface area contributed by atoms with Gasteiger partial charge in [-0.2, -0.15) is 0 Å². The zero-order chi connectivity index (χ0) is 12.5. The first kappa shape index (κ1) is 14.0. The molecule has 0 fully saturated rings. The number of nitrogens with zero attached hydrogens (tertiary/aromatic N) is 1. The summed E-state index contributed by atoms with van der Waals surface area (Å²) in [6.45, 7) is 5.20. The molecule has 0 amide bonds. The van der Waals surface area contributed by atoms with Crippen LogP contribution >= 0.6 is 0 Å². The Morgan fingerprint density at radius 1 is 1.12 bits per heavy atom. The van der Waals surface area contributed by atoms with E-state index < -0.39 is 0 Å². The Hall–Kier alpha value is -1.06. The van der Waals surface area contributed by atoms with Crippen LogP contribution in [0.25, 0.3) is 0 Å². The minimum Gasteiger partial charge on any atom is -0.508 e. The molecule has 0 atom stereocenters. The lowest BCUT2D eigenvalue weighted by molar-refractivity contribution is 0.234. The Morgan fingerprint density at radius 3 is 2.53 bits per heavy atom. The van der Waals surface area contributed by atoms with Crippen LogP contribution in [0.15, 0.2) is 24.3 Å². The van der Waals surface area contributed by atoms with Gasteiger partial charge in [0.05, 0.1) is 0 Å². The predicted octanol–water partition coefficient (Wildman–Crippen LogP) is 2.38. The molecule has 17 heavy (non-hydrogen) atoms. The second kappa shape index (κ2) is 8.09. The van der Waals surface area contributed by atoms with Crippen LogP contribution in [0, 0.1) is 0 Å². The maximum Gasteiger partial charge on any atom is 0.120 e. The fourth-order valence-electron chi connectivity index (χ4n) is 1.92. The highest BCUT2D eigenvalue weighted by Crippen LogP contribution is 2.18. The fraction of sp³-hybridized carbons (Fsp3) is 0.571. The minimum atomic E-state index is 0.260. The van der Waals surface area contributed by atoms with E-state index in [1.165, 1.54) is 0 Å². The van der Waals surface area contributed by atoms with Crippen molar-refractivity contribution in [2.45, 2.75) is 32.7 Å². The van der Waals surface area contributed by atoms with Crippen LogP contribution in [0.3, 0.4) is 0 Å². The number of phenolic OH excluding ortho intramolecular Hbond substituents is 1. The van der Waals surface area contributed by atoms with Crippen LogP contribution < -0.4 is 0 Å². The van der Waals surface area contributed by atoms with Crippen LogP contribution in [0.4, 0.5) is 0 Å². The van der Waals surface area contributed by atoms with Gasteiger partial charge in [0.25, 0.3) is 0 Å². The second-order valence-corrected chi connectivity index (χ2v) is 4.34. The summed E-state index contributed by atoms with van der Waals surface area (Å²) in [5.41, 5.74) is 0.977. The van der Waals surface area contributed by atoms with Crippen molar-refractivity contribution in [1.82, 2.24) is 4.90 Å². The molecule has 0 spiro atoms. The monoisotopic (exact) mass is 237 g/mol. The number of phenols is 1. The topological polar surface area (TPSA) is 43.7 Å². The molecule has 0 saturated carbocycles. The number of rotatable bonds is 8. The Labute approximate surface area is 104 Å². The van der Waals surface area contributed by atoms with Gasteiger partial charge in [0, 0.05) is 18.7 Å². The molecule has 1 rings (SSSR count). The molecule has 0 radical (unpaired) electrons. The number of benzene rings is 1. The van der Waals surface area contributed by atoms with Gasteiger partial charge in [0.15, 0.2) is 0 Å². The van der Waals surface area contributed by atoms with Gasteiger partial charge in [-0.05, 0) is 38.4 Å². The van der Waals surface area contributed by atoms with E-state index in [9.17, 15) is 5.11 Å². The molecule has 0 aliphatic heterocycles. The Bertz CT molecular complexity index is 315. The second-order valence-electron chi connectivity index (χ2n) is 4.34. The largest absolute Gasteiger partial charge is 0.508 e. The third-order valence-electron chi connectivity index (χ3n) is 2.81. The van der Waals surface area contributed by atoms with E-state index in [-0.39, 0.29) is 6.61 Å². The highest BCUT2D eigenvalue weighted by molar-refractivity contribution is 5.31. The summed E-state index contributed by atoms with van der Waals surface area (Å²) < 4.78 is 0. The first-order chi connectivity index (χ1) is 8.27. The Balaban J connectivity index is 2.50. The van der Waals surface area contributed by atoms with Crippen molar-refractivity contribution in [3.63, 3.8) is 0 Å². The molecule has 0 aliphatic rings. The molecule has 0 saturated heterocycles. The number of aliphatic hydroxyl groups excluding tert-OH is 1. The van der Waals surface area contributed by atoms with Crippen LogP contribution in [-0.4, -0.2) is 34.8 Å². The number of para-hydroxylation sites is 1. The molecule has 96 valence electrons. The SMILES string of the molecule is CCCN(CCCCO)Cc1ccccc1O. The normalized spacial score (nSPS) is 11.0. The van der Waals surface area contributed by atoms with Crippen molar-refractivity contribution in [1.29, 1.82) is 0 Å². The molecular formula is C14H23NO2. The van der Waals surface area contributed by atoms with Gasteiger partial charge in [0.1, 0.15) is 5.75 Å². The number of unbranched alkanes of at least 4 members (excludes halogenated alkanes) is 1. The molecule has 0 bridgehead atoms. The minimum absolute atomic E-state index is 0.260. The van der Waals surface area contributed by atoms with Gasteiger partial charge in [-0.25, -0.2) is 0 Å². The summed E-state index contributed by atoms with van der Waals surface area (Å²) >= 11 is 0. The van der Waals surface area contributed by atoms with Crippen LogP contribution in [0.2, 0.25) is 0 Å². The van der Waals surface area contributed by atoms with Gasteiger partial charge in [-0.15, -0.1) is 0 Å². The molecule has 2 N–H and O–H groups in total. The molecule has 3 nitrogen and oxygen atoms in total. The number of hydrogen-bond acceptors (Lipinski definition) is 3. The highest BCUT2D eigenvalue weighted by atomic mass is 16.3. The summed E-state index contributed by atoms with van der Waals surface area (Å²) in [4.78, 5) is 2.32. The molecule has 0 unspecified atom stereocenters. The lowest BCUT2D eigenvalue weighted by Crippen LogP contribution is -2.25. The lowest BCUT2D eigenvalue weighted by atomic mass is 10.1. The van der Waals surface area contributed by atoms with E-state index in [1.807, 2.05) is 18.2 Å². The van der Waals surface area contributed by atoms with Crippen LogP contribution in [-0.2, 0) is 6.54 Å². The Kier molecular flexibility index (Phi) is 6.67. The van der Waals surface area contributed by atoms with Gasteiger partial charge in [-0.1, -0.05) is 25.1 Å². The van der Waals surface area contributed by atoms with Gasteiger partial charge in [-0.3, -0.25) is 4.90 Å². The predicted molar refractivity (Wildman–Crippen MR) is 70.0 cm³/mol. The van der Waals surface area contributed by atoms with Crippen molar-refractivity contribution < 1.29 is 10.2 Å². The summed E-state index contributed by atoms with van der Waals surface area (Å²) in [6.07, 6.45) is 2.96. The van der Waals surface area contributed by atoms with Gasteiger partial charge < -0.3 is 10.2 Å². The van der Waals surface area contributed by atoms with Gasteiger partial charge >= 0.3 is 0 Å². The molecule has 0 heterocycles. The van der Waals surface area contributed by atoms with E-state index in [1.54, 1.807) is 6.07 Å². The standard InChI is InChI=1S/C14H23NO2/c1-2-9-15(10-5-6-11-16)12-13-7-3-4-8-14(13)17/h3-4,7-8,16-17H,2,5-6,9-12H2,1H3. The average Bonchev–Trinajstić information content (AvgIpc) is 2.32. The highest BCUT2D eigenvalue weighted by Gasteiger charge is 2.07. The van der Waals surface area contributed by atoms with Crippen molar-refractivity contribution in [3.05, 3.63) is 29.8 Å². The van der Waals surface area contributed by atoms with Crippen molar-refractivity contribution in [2.75, 3.05) is 19.7 Å². The molecule has 0 aliphatic carbocycles. The average molecular weight is 237 g/mol. The maximum absolute atomic E-state index is 9.73. The van der Waals surface area contributed by atoms with E-state index >= 15 is 0 Å². The molecular weight excluding hydrogens is 214 g/mol. The third-order valence-corrected chi connectivity index (χ3v) is 2.81. The number of hydrogen-bond donors (Lipinski definition) is 2. The van der Waals surface area contributed by atoms with E-state index in [0.717, 1.165) is 44.5 Å². The lowest BCUT2D eigenvalue weighted by Gasteiger charge is -2.22. The first-order valence-corrected chi connectivity index (χ1v) is 6.38. The number of aromatic hydroxyl groups is 1. The summed E-state index contributed by atoms with van der Waals surface area (Å²) in [5, 5.41) is 18.5. The summed E-state index contributed by atoms with van der Waals surface area (Å²) in [6, 6.07) is 7.48. The summed E-state index contributed by atoms with van der Waals surface area (Å²) in [5.74, 6) is 0.371. The van der Waals surface area contributed by atoms with E-state index in [0.29, 0.717) is 5.75 Å². The zero-order valence-electron chi connectivity index (χ0n) is 10.6. The number of aliphatic hydroxyl groups is 1. The van der Waals surface area contributed by atoms with Crippen molar-refractivity contribution in [2.24, 2.45) is 0 Å². The van der Waals surface area contributed by atoms with Crippen LogP contribution in [0.5, 0.6) is 5.75 Å². The smallest absolute Gasteiger partial charge is 0.120 e. The third kappa shape index (κ3) is 5.20. The maximum atomic E-state index is 9.73. The molecule has 1 aromatic carbocycles. The molecule has 3 heteroatoms. The molecule has 1 aromatic rings. The van der Waals surface area contributed by atoms with E-state index in [2.05, 4.69) is 11.8 Å². The Morgan fingerprint density at radius 2 is 1.88 bits per heavy atom.